The number of benzene rings is 1. The number of fused-ring (bicyclic) bond motifs is 1. The van der Waals surface area contributed by atoms with Crippen molar-refractivity contribution in [2.75, 3.05) is 5.73 Å². The van der Waals surface area contributed by atoms with Crippen molar-refractivity contribution in [3.8, 4) is 5.13 Å². The number of para-hydroxylation sites is 1. The van der Waals surface area contributed by atoms with Crippen LogP contribution in [0.4, 0.5) is 5.69 Å². The lowest BCUT2D eigenvalue weighted by molar-refractivity contribution is 0.873. The zero-order valence-electron chi connectivity index (χ0n) is 8.20. The summed E-state index contributed by atoms with van der Waals surface area (Å²) in [5.41, 5.74) is 7.24. The van der Waals surface area contributed by atoms with Crippen LogP contribution in [0.3, 0.4) is 0 Å². The van der Waals surface area contributed by atoms with E-state index in [1.807, 2.05) is 24.3 Å². The van der Waals surface area contributed by atoms with Crippen molar-refractivity contribution >= 4 is 39.6 Å². The van der Waals surface area contributed by atoms with Gasteiger partial charge in [0.1, 0.15) is 0 Å². The lowest BCUT2D eigenvalue weighted by atomic mass is 10.3. The minimum atomic E-state index is 0. The summed E-state index contributed by atoms with van der Waals surface area (Å²) in [6, 6.07) is 8.01. The molecule has 2 aromatic heterocycles. The molecule has 2 N–H and O–H groups in total. The van der Waals surface area contributed by atoms with Gasteiger partial charge in [0.05, 0.1) is 28.3 Å². The third-order valence-corrected chi connectivity index (χ3v) is 3.11. The van der Waals surface area contributed by atoms with E-state index in [1.54, 1.807) is 28.4 Å². The molecule has 2 heterocycles. The summed E-state index contributed by atoms with van der Waals surface area (Å²) in [7, 11) is 0. The van der Waals surface area contributed by atoms with Crippen LogP contribution in [-0.4, -0.2) is 14.8 Å². The predicted molar refractivity (Wildman–Crippen MR) is 68.4 cm³/mol. The van der Waals surface area contributed by atoms with Gasteiger partial charge in [0.2, 0.25) is 5.13 Å². The highest BCUT2D eigenvalue weighted by Gasteiger charge is 2.05. The normalized spacial score (nSPS) is 10.2. The predicted octanol–water partition coefficient (Wildman–Crippen LogP) is 2.49. The monoisotopic (exact) mass is 252 g/mol. The van der Waals surface area contributed by atoms with Gasteiger partial charge in [-0.25, -0.2) is 9.67 Å². The number of nitrogens with two attached hydrogens (primary N) is 1. The Hall–Kier alpha value is -1.59. The van der Waals surface area contributed by atoms with Crippen molar-refractivity contribution in [2.45, 2.75) is 0 Å². The first-order chi connectivity index (χ1) is 7.33. The fourth-order valence-electron chi connectivity index (χ4n) is 1.40. The molecule has 0 saturated carbocycles. The van der Waals surface area contributed by atoms with E-state index in [0.717, 1.165) is 15.3 Å². The lowest BCUT2D eigenvalue weighted by Crippen LogP contribution is -1.92. The summed E-state index contributed by atoms with van der Waals surface area (Å²) in [5, 5.41) is 4.96. The molecule has 0 aliphatic carbocycles. The van der Waals surface area contributed by atoms with Gasteiger partial charge >= 0.3 is 0 Å². The van der Waals surface area contributed by atoms with Crippen LogP contribution in [0.1, 0.15) is 0 Å². The average Bonchev–Trinajstić information content (AvgIpc) is 2.82. The smallest absolute Gasteiger partial charge is 0.211 e. The summed E-state index contributed by atoms with van der Waals surface area (Å²) in [5.74, 6) is 0. The van der Waals surface area contributed by atoms with Crippen molar-refractivity contribution in [3.63, 3.8) is 0 Å². The van der Waals surface area contributed by atoms with E-state index < -0.39 is 0 Å². The van der Waals surface area contributed by atoms with Crippen molar-refractivity contribution in [1.29, 1.82) is 0 Å². The van der Waals surface area contributed by atoms with Gasteiger partial charge in [-0.2, -0.15) is 5.10 Å². The molecule has 0 amide bonds. The fourth-order valence-corrected chi connectivity index (χ4v) is 2.30. The summed E-state index contributed by atoms with van der Waals surface area (Å²) >= 11 is 1.60. The molecule has 4 nitrogen and oxygen atoms in total. The van der Waals surface area contributed by atoms with Gasteiger partial charge in [-0.1, -0.05) is 23.5 Å². The van der Waals surface area contributed by atoms with Crippen LogP contribution in [0.5, 0.6) is 0 Å². The second kappa shape index (κ2) is 4.11. The van der Waals surface area contributed by atoms with Gasteiger partial charge in [-0.05, 0) is 12.1 Å². The largest absolute Gasteiger partial charge is 0.396 e. The number of hydrogen-bond acceptors (Lipinski definition) is 4. The summed E-state index contributed by atoms with van der Waals surface area (Å²) in [4.78, 5) is 4.46. The summed E-state index contributed by atoms with van der Waals surface area (Å²) < 4.78 is 2.85. The van der Waals surface area contributed by atoms with Crippen LogP contribution >= 0.6 is 23.7 Å². The van der Waals surface area contributed by atoms with Crippen molar-refractivity contribution in [2.24, 2.45) is 0 Å². The minimum absolute atomic E-state index is 0. The molecule has 0 saturated heterocycles. The Morgan fingerprint density at radius 1 is 1.25 bits per heavy atom. The highest BCUT2D eigenvalue weighted by molar-refractivity contribution is 7.20. The van der Waals surface area contributed by atoms with Crippen LogP contribution in [0.15, 0.2) is 36.7 Å². The first-order valence-electron chi connectivity index (χ1n) is 4.49. The molecular formula is C10H9ClN4S. The van der Waals surface area contributed by atoms with E-state index in [9.17, 15) is 0 Å². The highest BCUT2D eigenvalue weighted by Crippen LogP contribution is 2.24. The molecule has 0 unspecified atom stereocenters. The van der Waals surface area contributed by atoms with Crippen LogP contribution in [0, 0.1) is 0 Å². The standard InChI is InChI=1S/C10H8N4S.ClH/c11-7-5-12-14(6-7)10-13-8-3-1-2-4-9(8)15-10;/h1-6H,11H2;1H. The maximum absolute atomic E-state index is 5.60. The van der Waals surface area contributed by atoms with Crippen molar-refractivity contribution < 1.29 is 0 Å². The Labute approximate surface area is 102 Å². The number of nitrogen functional groups attached to an aromatic ring is 1. The molecule has 0 radical (unpaired) electrons. The van der Waals surface area contributed by atoms with Crippen LogP contribution in [0.25, 0.3) is 15.3 Å². The lowest BCUT2D eigenvalue weighted by Gasteiger charge is -1.90. The van der Waals surface area contributed by atoms with Crippen LogP contribution in [0.2, 0.25) is 0 Å². The molecule has 0 aliphatic rings. The number of aromatic nitrogens is 3. The number of halogens is 1. The maximum Gasteiger partial charge on any atom is 0.211 e. The van der Waals surface area contributed by atoms with E-state index >= 15 is 0 Å². The molecule has 82 valence electrons. The number of nitrogens with zero attached hydrogens (tertiary/aromatic N) is 3. The third kappa shape index (κ3) is 1.75. The number of hydrogen-bond donors (Lipinski definition) is 1. The van der Waals surface area contributed by atoms with E-state index in [-0.39, 0.29) is 12.4 Å². The molecule has 0 aliphatic heterocycles. The van der Waals surface area contributed by atoms with Gasteiger partial charge in [0, 0.05) is 0 Å². The average molecular weight is 253 g/mol. The first kappa shape index (κ1) is 10.9. The van der Waals surface area contributed by atoms with Crippen LogP contribution in [-0.2, 0) is 0 Å². The first-order valence-corrected chi connectivity index (χ1v) is 5.31. The second-order valence-corrected chi connectivity index (χ2v) is 4.19. The number of anilines is 1. The Morgan fingerprint density at radius 3 is 2.75 bits per heavy atom. The Bertz CT molecular complexity index is 583. The molecule has 0 spiro atoms. The topological polar surface area (TPSA) is 56.7 Å². The molecule has 0 fully saturated rings. The summed E-state index contributed by atoms with van der Waals surface area (Å²) in [6.07, 6.45) is 3.38. The van der Waals surface area contributed by atoms with Gasteiger partial charge in [-0.15, -0.1) is 12.4 Å². The summed E-state index contributed by atoms with van der Waals surface area (Å²) in [6.45, 7) is 0. The molecule has 1 aromatic carbocycles. The van der Waals surface area contributed by atoms with E-state index in [0.29, 0.717) is 5.69 Å². The zero-order chi connectivity index (χ0) is 10.3. The van der Waals surface area contributed by atoms with Gasteiger partial charge in [-0.3, -0.25) is 0 Å². The van der Waals surface area contributed by atoms with Gasteiger partial charge in [0.15, 0.2) is 0 Å². The molecule has 0 atom stereocenters. The zero-order valence-corrected chi connectivity index (χ0v) is 9.83. The van der Waals surface area contributed by atoms with Gasteiger partial charge < -0.3 is 5.73 Å². The quantitative estimate of drug-likeness (QED) is 0.724. The molecule has 16 heavy (non-hydrogen) atoms. The highest BCUT2D eigenvalue weighted by atomic mass is 35.5. The molecule has 3 aromatic rings. The van der Waals surface area contributed by atoms with E-state index in [2.05, 4.69) is 10.1 Å². The Kier molecular flexibility index (Phi) is 2.80. The Morgan fingerprint density at radius 2 is 2.06 bits per heavy atom. The maximum atomic E-state index is 5.60. The number of thiazole rings is 1. The third-order valence-electron chi connectivity index (χ3n) is 2.08. The number of rotatable bonds is 1. The van der Waals surface area contributed by atoms with E-state index in [4.69, 9.17) is 5.73 Å². The van der Waals surface area contributed by atoms with Gasteiger partial charge in [0.25, 0.3) is 0 Å². The molecule has 6 heteroatoms. The van der Waals surface area contributed by atoms with Crippen LogP contribution < -0.4 is 5.73 Å². The SMILES string of the molecule is Cl.Nc1cnn(-c2nc3ccccc3s2)c1. The molecular weight excluding hydrogens is 244 g/mol. The van der Waals surface area contributed by atoms with Crippen molar-refractivity contribution in [1.82, 2.24) is 14.8 Å². The fraction of sp³-hybridized carbons (Fsp3) is 0. The Balaban J connectivity index is 0.000000963. The minimum Gasteiger partial charge on any atom is -0.396 e. The van der Waals surface area contributed by atoms with Crippen molar-refractivity contribution in [3.05, 3.63) is 36.7 Å². The molecule has 0 bridgehead atoms. The van der Waals surface area contributed by atoms with E-state index in [1.165, 1.54) is 0 Å². The second-order valence-electron chi connectivity index (χ2n) is 3.18. The molecule has 3 rings (SSSR count).